The van der Waals surface area contributed by atoms with E-state index in [0.717, 1.165) is 25.1 Å². The van der Waals surface area contributed by atoms with Gasteiger partial charge in [-0.1, -0.05) is 13.8 Å². The van der Waals surface area contributed by atoms with Gasteiger partial charge >= 0.3 is 0 Å². The first kappa shape index (κ1) is 14.2. The highest BCUT2D eigenvalue weighted by Crippen LogP contribution is 2.15. The van der Waals surface area contributed by atoms with E-state index >= 15 is 0 Å². The molecule has 0 saturated carbocycles. The molecule has 0 bridgehead atoms. The molecule has 98 valence electrons. The van der Waals surface area contributed by atoms with Gasteiger partial charge in [-0.25, -0.2) is 0 Å². The molecule has 0 spiro atoms. The lowest BCUT2D eigenvalue weighted by molar-refractivity contribution is 0.0514. The van der Waals surface area contributed by atoms with Crippen LogP contribution in [0.1, 0.15) is 32.8 Å². The first-order valence-electron chi connectivity index (χ1n) is 6.30. The van der Waals surface area contributed by atoms with Crippen LogP contribution in [0.3, 0.4) is 0 Å². The van der Waals surface area contributed by atoms with Gasteiger partial charge in [0.1, 0.15) is 0 Å². The second-order valence-corrected chi connectivity index (χ2v) is 5.54. The molecule has 1 heterocycles. The quantitative estimate of drug-likeness (QED) is 0.706. The largest absolute Gasteiger partial charge is 0.390 e. The molecule has 1 unspecified atom stereocenters. The molecule has 2 N–H and O–H groups in total. The number of nitrogens with zero attached hydrogens (tertiary/aromatic N) is 2. The van der Waals surface area contributed by atoms with Crippen molar-refractivity contribution >= 4 is 0 Å². The molecule has 1 aromatic heterocycles. The minimum Gasteiger partial charge on any atom is -0.390 e. The van der Waals surface area contributed by atoms with E-state index in [-0.39, 0.29) is 0 Å². The van der Waals surface area contributed by atoms with Gasteiger partial charge in [-0.3, -0.25) is 4.68 Å². The average Bonchev–Trinajstić information content (AvgIpc) is 2.57. The highest BCUT2D eigenvalue weighted by molar-refractivity contribution is 5.07. The first-order valence-corrected chi connectivity index (χ1v) is 6.30. The predicted molar refractivity (Wildman–Crippen MR) is 69.9 cm³/mol. The van der Waals surface area contributed by atoms with E-state index in [2.05, 4.69) is 24.3 Å². The van der Waals surface area contributed by atoms with E-state index < -0.39 is 5.60 Å². The molecule has 0 aliphatic heterocycles. The smallest absolute Gasteiger partial charge is 0.0673 e. The molecule has 17 heavy (non-hydrogen) atoms. The van der Waals surface area contributed by atoms with E-state index in [9.17, 15) is 5.11 Å². The van der Waals surface area contributed by atoms with E-state index in [0.29, 0.717) is 12.3 Å². The predicted octanol–water partition coefficient (Wildman–Crippen LogP) is 1.35. The van der Waals surface area contributed by atoms with E-state index in [1.165, 1.54) is 0 Å². The summed E-state index contributed by atoms with van der Waals surface area (Å²) in [4.78, 5) is 0. The zero-order chi connectivity index (χ0) is 12.9. The Kier molecular flexibility index (Phi) is 5.15. The fourth-order valence-corrected chi connectivity index (χ4v) is 1.84. The average molecular weight is 239 g/mol. The fraction of sp³-hybridized carbons (Fsp3) is 0.769. The monoisotopic (exact) mass is 239 g/mol. The molecular weight excluding hydrogens is 214 g/mol. The SMILES string of the molecule is CC(C)CNCCC(C)(O)Cc1cnn(C)c1. The summed E-state index contributed by atoms with van der Waals surface area (Å²) < 4.78 is 1.77. The Morgan fingerprint density at radius 1 is 1.53 bits per heavy atom. The maximum absolute atomic E-state index is 10.3. The maximum Gasteiger partial charge on any atom is 0.0673 e. The van der Waals surface area contributed by atoms with Crippen molar-refractivity contribution in [1.29, 1.82) is 0 Å². The lowest BCUT2D eigenvalue weighted by atomic mass is 9.95. The van der Waals surface area contributed by atoms with Crippen molar-refractivity contribution in [3.05, 3.63) is 18.0 Å². The molecule has 0 fully saturated rings. The van der Waals surface area contributed by atoms with Gasteiger partial charge in [-0.15, -0.1) is 0 Å². The molecule has 0 radical (unpaired) electrons. The first-order chi connectivity index (χ1) is 7.89. The number of aromatic nitrogens is 2. The van der Waals surface area contributed by atoms with Crippen LogP contribution in [0, 0.1) is 5.92 Å². The van der Waals surface area contributed by atoms with E-state index in [4.69, 9.17) is 0 Å². The normalized spacial score (nSPS) is 15.2. The number of nitrogens with one attached hydrogen (secondary N) is 1. The van der Waals surface area contributed by atoms with Gasteiger partial charge in [-0.05, 0) is 37.9 Å². The van der Waals surface area contributed by atoms with Crippen LogP contribution < -0.4 is 5.32 Å². The zero-order valence-corrected chi connectivity index (χ0v) is 11.4. The Bertz CT molecular complexity index is 331. The minimum absolute atomic E-state index is 0.651. The van der Waals surface area contributed by atoms with Crippen LogP contribution in [0.15, 0.2) is 12.4 Å². The van der Waals surface area contributed by atoms with Crippen molar-refractivity contribution in [3.8, 4) is 0 Å². The maximum atomic E-state index is 10.3. The molecule has 0 saturated heterocycles. The van der Waals surface area contributed by atoms with Crippen LogP contribution in [-0.2, 0) is 13.5 Å². The molecule has 0 amide bonds. The van der Waals surface area contributed by atoms with Gasteiger partial charge < -0.3 is 10.4 Å². The van der Waals surface area contributed by atoms with Gasteiger partial charge in [0, 0.05) is 19.7 Å². The van der Waals surface area contributed by atoms with Crippen molar-refractivity contribution in [3.63, 3.8) is 0 Å². The van der Waals surface area contributed by atoms with Crippen LogP contribution in [0.5, 0.6) is 0 Å². The number of rotatable bonds is 7. The zero-order valence-electron chi connectivity index (χ0n) is 11.4. The summed E-state index contributed by atoms with van der Waals surface area (Å²) in [5.41, 5.74) is 0.425. The standard InChI is InChI=1S/C13H25N3O/c1-11(2)8-14-6-5-13(3,17)7-12-9-15-16(4)10-12/h9-11,14,17H,5-8H2,1-4H3. The number of hydrogen-bond acceptors (Lipinski definition) is 3. The Morgan fingerprint density at radius 3 is 2.76 bits per heavy atom. The molecule has 0 aliphatic carbocycles. The van der Waals surface area contributed by atoms with Crippen LogP contribution in [0.2, 0.25) is 0 Å². The van der Waals surface area contributed by atoms with Crippen molar-refractivity contribution in [1.82, 2.24) is 15.1 Å². The Morgan fingerprint density at radius 2 is 2.24 bits per heavy atom. The molecule has 1 aromatic rings. The number of aliphatic hydroxyl groups is 1. The Balaban J connectivity index is 2.30. The Hall–Kier alpha value is -0.870. The summed E-state index contributed by atoms with van der Waals surface area (Å²) >= 11 is 0. The highest BCUT2D eigenvalue weighted by Gasteiger charge is 2.21. The molecule has 4 nitrogen and oxygen atoms in total. The topological polar surface area (TPSA) is 50.1 Å². The molecule has 1 rings (SSSR count). The summed E-state index contributed by atoms with van der Waals surface area (Å²) in [6.07, 6.45) is 5.19. The highest BCUT2D eigenvalue weighted by atomic mass is 16.3. The third-order valence-electron chi connectivity index (χ3n) is 2.74. The Labute approximate surface area is 104 Å². The second kappa shape index (κ2) is 6.17. The van der Waals surface area contributed by atoms with Gasteiger partial charge in [0.2, 0.25) is 0 Å². The summed E-state index contributed by atoms with van der Waals surface area (Å²) in [6.45, 7) is 8.10. The molecule has 1 atom stereocenters. The minimum atomic E-state index is -0.660. The molecular formula is C13H25N3O. The second-order valence-electron chi connectivity index (χ2n) is 5.54. The van der Waals surface area contributed by atoms with Crippen LogP contribution in [0.25, 0.3) is 0 Å². The summed E-state index contributed by atoms with van der Waals surface area (Å²) in [6, 6.07) is 0. The van der Waals surface area contributed by atoms with Crippen LogP contribution >= 0.6 is 0 Å². The van der Waals surface area contributed by atoms with Gasteiger partial charge in [0.25, 0.3) is 0 Å². The van der Waals surface area contributed by atoms with Gasteiger partial charge in [-0.2, -0.15) is 5.10 Å². The van der Waals surface area contributed by atoms with Crippen molar-refractivity contribution in [2.45, 2.75) is 39.2 Å². The van der Waals surface area contributed by atoms with Crippen molar-refractivity contribution in [2.24, 2.45) is 13.0 Å². The molecule has 0 aliphatic rings. The third kappa shape index (κ3) is 5.84. The van der Waals surface area contributed by atoms with E-state index in [1.54, 1.807) is 4.68 Å². The molecule has 4 heteroatoms. The van der Waals surface area contributed by atoms with Crippen molar-refractivity contribution < 1.29 is 5.11 Å². The molecule has 0 aromatic carbocycles. The number of hydrogen-bond donors (Lipinski definition) is 2. The van der Waals surface area contributed by atoms with Crippen LogP contribution in [-0.4, -0.2) is 33.6 Å². The summed E-state index contributed by atoms with van der Waals surface area (Å²) in [5, 5.41) is 17.7. The summed E-state index contributed by atoms with van der Waals surface area (Å²) in [7, 11) is 1.89. The number of aryl methyl sites for hydroxylation is 1. The van der Waals surface area contributed by atoms with Gasteiger partial charge in [0.15, 0.2) is 0 Å². The van der Waals surface area contributed by atoms with E-state index in [1.807, 2.05) is 26.4 Å². The lowest BCUT2D eigenvalue weighted by Crippen LogP contribution is -2.33. The van der Waals surface area contributed by atoms with Gasteiger partial charge in [0.05, 0.1) is 11.8 Å². The summed E-state index contributed by atoms with van der Waals surface area (Å²) in [5.74, 6) is 0.651. The van der Waals surface area contributed by atoms with Crippen LogP contribution in [0.4, 0.5) is 0 Å². The lowest BCUT2D eigenvalue weighted by Gasteiger charge is -2.23. The van der Waals surface area contributed by atoms with Crippen molar-refractivity contribution in [2.75, 3.05) is 13.1 Å². The fourth-order valence-electron chi connectivity index (χ4n) is 1.84. The third-order valence-corrected chi connectivity index (χ3v) is 2.74.